The van der Waals surface area contributed by atoms with Crippen LogP contribution in [0, 0.1) is 5.92 Å². The van der Waals surface area contributed by atoms with Gasteiger partial charge in [-0.1, -0.05) is 11.6 Å². The molecular formula is C22H36ClFN4O2S. The van der Waals surface area contributed by atoms with Crippen molar-refractivity contribution in [1.29, 1.82) is 0 Å². The number of alkyl halides is 2. The van der Waals surface area contributed by atoms with Gasteiger partial charge in [-0.2, -0.15) is 11.8 Å². The molecule has 2 amide bonds. The van der Waals surface area contributed by atoms with Crippen molar-refractivity contribution in [2.45, 2.75) is 94.3 Å². The van der Waals surface area contributed by atoms with E-state index in [4.69, 9.17) is 11.6 Å². The molecule has 0 aromatic heterocycles. The zero-order chi connectivity index (χ0) is 22.0. The van der Waals surface area contributed by atoms with Crippen LogP contribution in [0.15, 0.2) is 0 Å². The number of halogens is 2. The molecule has 2 N–H and O–H groups in total. The van der Waals surface area contributed by atoms with Gasteiger partial charge < -0.3 is 10.2 Å². The highest BCUT2D eigenvalue weighted by Gasteiger charge is 2.47. The summed E-state index contributed by atoms with van der Waals surface area (Å²) < 4.78 is 14.4. The fraction of sp³-hybridized carbons (Fsp3) is 0.909. The Kier molecular flexibility index (Phi) is 8.04. The van der Waals surface area contributed by atoms with Crippen LogP contribution in [0.5, 0.6) is 0 Å². The number of hydrogen-bond donors (Lipinski definition) is 2. The van der Waals surface area contributed by atoms with Crippen molar-refractivity contribution in [2.75, 3.05) is 24.6 Å². The Morgan fingerprint density at radius 1 is 1.19 bits per heavy atom. The minimum atomic E-state index is -0.893. The Hall–Kier alpha value is -0.570. The van der Waals surface area contributed by atoms with E-state index in [0.29, 0.717) is 12.3 Å². The number of nitrogens with zero attached hydrogens (tertiary/aromatic N) is 2. The molecule has 4 fully saturated rings. The molecule has 9 heteroatoms. The molecule has 6 nitrogen and oxygen atoms in total. The molecule has 0 aromatic rings. The lowest BCUT2D eigenvalue weighted by Gasteiger charge is -2.40. The second kappa shape index (κ2) is 10.6. The zero-order valence-corrected chi connectivity index (χ0v) is 20.0. The van der Waals surface area contributed by atoms with Crippen molar-refractivity contribution in [1.82, 2.24) is 20.4 Å². The molecule has 176 valence electrons. The van der Waals surface area contributed by atoms with E-state index < -0.39 is 11.8 Å². The van der Waals surface area contributed by atoms with Crippen LogP contribution in [-0.2, 0) is 9.59 Å². The van der Waals surface area contributed by atoms with Crippen LogP contribution in [-0.4, -0.2) is 82.2 Å². The molecule has 0 aromatic carbocycles. The average molecular weight is 475 g/mol. The number of carbonyl (C=O) groups excluding carboxylic acids is 2. The van der Waals surface area contributed by atoms with Gasteiger partial charge in [0, 0.05) is 31.6 Å². The maximum absolute atomic E-state index is 14.4. The molecule has 4 aliphatic rings. The largest absolute Gasteiger partial charge is 0.354 e. The molecule has 2 saturated heterocycles. The van der Waals surface area contributed by atoms with Gasteiger partial charge in [0.15, 0.2) is 0 Å². The van der Waals surface area contributed by atoms with Crippen LogP contribution < -0.4 is 10.6 Å². The third kappa shape index (κ3) is 5.68. The number of thioether (sulfide) groups is 1. The highest BCUT2D eigenvalue weighted by Crippen LogP contribution is 2.34. The van der Waals surface area contributed by atoms with Gasteiger partial charge in [0.05, 0.1) is 12.6 Å². The third-order valence-electron chi connectivity index (χ3n) is 7.49. The summed E-state index contributed by atoms with van der Waals surface area (Å²) in [5.41, 5.74) is -0.491. The van der Waals surface area contributed by atoms with Gasteiger partial charge in [-0.15, -0.1) is 0 Å². The second-order valence-electron chi connectivity index (χ2n) is 9.70. The lowest BCUT2D eigenvalue weighted by atomic mass is 9.88. The van der Waals surface area contributed by atoms with Crippen LogP contribution in [0.3, 0.4) is 0 Å². The Bertz CT molecular complexity index is 645. The summed E-state index contributed by atoms with van der Waals surface area (Å²) in [6.07, 6.45) is 6.21. The van der Waals surface area contributed by atoms with Gasteiger partial charge in [0.25, 0.3) is 0 Å². The number of nitrogens with one attached hydrogen (secondary N) is 2. The van der Waals surface area contributed by atoms with E-state index in [1.165, 1.54) is 5.75 Å². The molecule has 5 unspecified atom stereocenters. The summed E-state index contributed by atoms with van der Waals surface area (Å²) in [6, 6.07) is 0.155. The predicted octanol–water partition coefficient (Wildman–Crippen LogP) is 2.70. The maximum Gasteiger partial charge on any atom is 0.237 e. The summed E-state index contributed by atoms with van der Waals surface area (Å²) in [6.45, 7) is 2.61. The van der Waals surface area contributed by atoms with Gasteiger partial charge in [-0.05, 0) is 68.8 Å². The first kappa shape index (κ1) is 23.6. The average Bonchev–Trinajstić information content (AvgIpc) is 3.36. The number of hydrogen-bond acceptors (Lipinski definition) is 5. The van der Waals surface area contributed by atoms with Gasteiger partial charge in [-0.25, -0.2) is 4.39 Å². The van der Waals surface area contributed by atoms with E-state index in [0.717, 1.165) is 57.2 Å². The van der Waals surface area contributed by atoms with E-state index in [9.17, 15) is 14.0 Å². The standard InChI is InChI=1S/C22H36ClFN4O2S/c1-14(29)25-16-5-7-17(8-6-16)27(11-15-9-10-31-13-15)20(30)12-28-19-4-2-3-18(24)21(19)26-22(28)23/h15-19,21-22,26H,2-13H2,1H3,(H,25,29). The second-order valence-corrected chi connectivity index (χ2v) is 11.3. The van der Waals surface area contributed by atoms with Crippen molar-refractivity contribution in [3.05, 3.63) is 0 Å². The molecule has 4 rings (SSSR count). The van der Waals surface area contributed by atoms with Crippen LogP contribution in [0.2, 0.25) is 0 Å². The molecule has 2 heterocycles. The lowest BCUT2D eigenvalue weighted by Crippen LogP contribution is -2.52. The molecule has 2 aliphatic carbocycles. The Morgan fingerprint density at radius 3 is 2.65 bits per heavy atom. The lowest BCUT2D eigenvalue weighted by molar-refractivity contribution is -0.137. The minimum absolute atomic E-state index is 0.00501. The predicted molar refractivity (Wildman–Crippen MR) is 123 cm³/mol. The summed E-state index contributed by atoms with van der Waals surface area (Å²) >= 11 is 8.49. The van der Waals surface area contributed by atoms with Gasteiger partial charge in [0.2, 0.25) is 11.8 Å². The smallest absolute Gasteiger partial charge is 0.237 e. The van der Waals surface area contributed by atoms with E-state index in [-0.39, 0.29) is 42.5 Å². The molecule has 0 radical (unpaired) electrons. The monoisotopic (exact) mass is 474 g/mol. The Morgan fingerprint density at radius 2 is 1.97 bits per heavy atom. The van der Waals surface area contributed by atoms with Crippen LogP contribution in [0.4, 0.5) is 4.39 Å². The molecule has 2 aliphatic heterocycles. The topological polar surface area (TPSA) is 64.7 Å². The molecule has 2 saturated carbocycles. The Labute approximate surface area is 194 Å². The van der Waals surface area contributed by atoms with Crippen molar-refractivity contribution in [3.63, 3.8) is 0 Å². The first-order valence-corrected chi connectivity index (χ1v) is 13.5. The number of rotatable bonds is 6. The van der Waals surface area contributed by atoms with Crippen LogP contribution in [0.1, 0.15) is 58.3 Å². The third-order valence-corrected chi connectivity index (χ3v) is 9.10. The van der Waals surface area contributed by atoms with Crippen LogP contribution >= 0.6 is 23.4 Å². The van der Waals surface area contributed by atoms with Crippen LogP contribution in [0.25, 0.3) is 0 Å². The normalized spacial score (nSPS) is 38.6. The fourth-order valence-electron chi connectivity index (χ4n) is 5.86. The summed E-state index contributed by atoms with van der Waals surface area (Å²) in [4.78, 5) is 29.1. The molecule has 0 spiro atoms. The van der Waals surface area contributed by atoms with E-state index in [1.54, 1.807) is 6.92 Å². The Balaban J connectivity index is 1.41. The van der Waals surface area contributed by atoms with E-state index in [1.807, 2.05) is 16.7 Å². The number of carbonyl (C=O) groups is 2. The summed E-state index contributed by atoms with van der Waals surface area (Å²) in [7, 11) is 0. The summed E-state index contributed by atoms with van der Waals surface area (Å²) in [5, 5.41) is 6.21. The van der Waals surface area contributed by atoms with Crippen molar-refractivity contribution in [3.8, 4) is 0 Å². The van der Waals surface area contributed by atoms with Gasteiger partial charge in [-0.3, -0.25) is 19.8 Å². The SMILES string of the molecule is CC(=O)NC1CCC(N(CC2CCSC2)C(=O)CN2C(Cl)NC3C(F)CCCC32)CC1. The molecule has 5 atom stereocenters. The quantitative estimate of drug-likeness (QED) is 0.457. The minimum Gasteiger partial charge on any atom is -0.354 e. The molecular weight excluding hydrogens is 439 g/mol. The van der Waals surface area contributed by atoms with Crippen molar-refractivity contribution < 1.29 is 14.0 Å². The van der Waals surface area contributed by atoms with E-state index >= 15 is 0 Å². The number of amides is 2. The fourth-order valence-corrected chi connectivity index (χ4v) is 7.49. The molecule has 0 bridgehead atoms. The van der Waals surface area contributed by atoms with Gasteiger partial charge >= 0.3 is 0 Å². The maximum atomic E-state index is 14.4. The first-order chi connectivity index (χ1) is 14.9. The highest BCUT2D eigenvalue weighted by molar-refractivity contribution is 7.99. The zero-order valence-electron chi connectivity index (χ0n) is 18.4. The first-order valence-electron chi connectivity index (χ1n) is 11.9. The molecule has 31 heavy (non-hydrogen) atoms. The van der Waals surface area contributed by atoms with Crippen molar-refractivity contribution in [2.24, 2.45) is 5.92 Å². The summed E-state index contributed by atoms with van der Waals surface area (Å²) in [5.74, 6) is 2.96. The van der Waals surface area contributed by atoms with Crippen molar-refractivity contribution >= 4 is 35.2 Å². The highest BCUT2D eigenvalue weighted by atomic mass is 35.5. The van der Waals surface area contributed by atoms with Gasteiger partial charge in [0.1, 0.15) is 11.8 Å². The van der Waals surface area contributed by atoms with E-state index in [2.05, 4.69) is 15.5 Å². The number of fused-ring (bicyclic) bond motifs is 1.